The van der Waals surface area contributed by atoms with Crippen molar-refractivity contribution in [3.8, 4) is 0 Å². The molecule has 3 heteroatoms. The first-order chi connectivity index (χ1) is 6.84. The number of halogens is 1. The maximum atomic E-state index is 6.22. The molecule has 1 rings (SSSR count). The van der Waals surface area contributed by atoms with Crippen LogP contribution in [0.2, 0.25) is 0 Å². The van der Waals surface area contributed by atoms with Gasteiger partial charge in [-0.3, -0.25) is 0 Å². The molecule has 0 bridgehead atoms. The van der Waals surface area contributed by atoms with Crippen LogP contribution in [0.3, 0.4) is 0 Å². The second-order valence-corrected chi connectivity index (χ2v) is 5.79. The zero-order valence-electron chi connectivity index (χ0n) is 9.91. The van der Waals surface area contributed by atoms with E-state index in [2.05, 4.69) is 6.92 Å². The van der Waals surface area contributed by atoms with Crippen molar-refractivity contribution >= 4 is 24.2 Å². The molecule has 1 saturated carbocycles. The van der Waals surface area contributed by atoms with Crippen LogP contribution in [0.25, 0.3) is 0 Å². The van der Waals surface area contributed by atoms with Gasteiger partial charge in [-0.25, -0.2) is 0 Å². The van der Waals surface area contributed by atoms with Crippen LogP contribution >= 0.6 is 24.2 Å². The molecule has 0 aromatic rings. The third-order valence-corrected chi connectivity index (χ3v) is 4.27. The lowest BCUT2D eigenvalue weighted by Crippen LogP contribution is -2.31. The lowest BCUT2D eigenvalue weighted by atomic mass is 9.83. The summed E-state index contributed by atoms with van der Waals surface area (Å²) in [6.07, 6.45) is 9.62. The summed E-state index contributed by atoms with van der Waals surface area (Å²) in [5.41, 5.74) is 6.22. The second kappa shape index (κ2) is 9.80. The highest BCUT2D eigenvalue weighted by atomic mass is 35.5. The molecule has 0 aliphatic heterocycles. The molecule has 1 unspecified atom stereocenters. The van der Waals surface area contributed by atoms with Crippen LogP contribution in [0.1, 0.15) is 51.9 Å². The normalized spacial score (nSPS) is 19.6. The predicted octanol–water partition coefficient (Wildman–Crippen LogP) is 3.85. The maximum Gasteiger partial charge on any atom is 0.00674 e. The van der Waals surface area contributed by atoms with E-state index in [1.165, 1.54) is 56.5 Å². The van der Waals surface area contributed by atoms with E-state index in [0.29, 0.717) is 6.04 Å². The Hall–Kier alpha value is 0.600. The molecule has 15 heavy (non-hydrogen) atoms. The predicted molar refractivity (Wildman–Crippen MR) is 74.0 cm³/mol. The average molecular weight is 252 g/mol. The van der Waals surface area contributed by atoms with E-state index in [9.17, 15) is 0 Å². The summed E-state index contributed by atoms with van der Waals surface area (Å²) >= 11 is 2.04. The van der Waals surface area contributed by atoms with Gasteiger partial charge in [-0.1, -0.05) is 26.2 Å². The molecule has 0 spiro atoms. The first-order valence-corrected chi connectivity index (χ1v) is 7.33. The molecule has 1 atom stereocenters. The Morgan fingerprint density at radius 1 is 1.27 bits per heavy atom. The minimum Gasteiger partial charge on any atom is -0.327 e. The standard InChI is InChI=1S/C12H25NS.ClH/c1-2-14-10-6-9-12(13)11-7-4-3-5-8-11;/h11-12H,2-10,13H2,1H3;1H. The Bertz CT molecular complexity index is 138. The van der Waals surface area contributed by atoms with Crippen LogP contribution < -0.4 is 5.73 Å². The van der Waals surface area contributed by atoms with Crippen molar-refractivity contribution in [2.75, 3.05) is 11.5 Å². The van der Waals surface area contributed by atoms with E-state index >= 15 is 0 Å². The van der Waals surface area contributed by atoms with Crippen molar-refractivity contribution in [2.45, 2.75) is 57.9 Å². The fourth-order valence-electron chi connectivity index (χ4n) is 2.36. The van der Waals surface area contributed by atoms with Gasteiger partial charge in [-0.05, 0) is 43.1 Å². The molecule has 0 radical (unpaired) electrons. The van der Waals surface area contributed by atoms with Crippen LogP contribution in [0, 0.1) is 5.92 Å². The highest BCUT2D eigenvalue weighted by Gasteiger charge is 2.19. The van der Waals surface area contributed by atoms with Gasteiger partial charge in [0.1, 0.15) is 0 Å². The van der Waals surface area contributed by atoms with Gasteiger partial charge in [0.05, 0.1) is 0 Å². The Balaban J connectivity index is 0.00000196. The molecule has 1 aliphatic carbocycles. The number of hydrogen-bond donors (Lipinski definition) is 1. The molecule has 0 aromatic heterocycles. The fourth-order valence-corrected chi connectivity index (χ4v) is 3.02. The molecule has 2 N–H and O–H groups in total. The third-order valence-electron chi connectivity index (χ3n) is 3.29. The lowest BCUT2D eigenvalue weighted by molar-refractivity contribution is 0.294. The number of hydrogen-bond acceptors (Lipinski definition) is 2. The summed E-state index contributed by atoms with van der Waals surface area (Å²) in [6.45, 7) is 2.23. The zero-order chi connectivity index (χ0) is 10.2. The van der Waals surface area contributed by atoms with Crippen LogP contribution in [-0.4, -0.2) is 17.5 Å². The molecule has 0 aromatic carbocycles. The van der Waals surface area contributed by atoms with E-state index < -0.39 is 0 Å². The SMILES string of the molecule is CCSCCCC(N)C1CCCCC1.Cl. The summed E-state index contributed by atoms with van der Waals surface area (Å²) < 4.78 is 0. The van der Waals surface area contributed by atoms with Crippen LogP contribution in [0.5, 0.6) is 0 Å². The largest absolute Gasteiger partial charge is 0.327 e. The van der Waals surface area contributed by atoms with Crippen molar-refractivity contribution in [2.24, 2.45) is 11.7 Å². The van der Waals surface area contributed by atoms with Gasteiger partial charge in [-0.2, -0.15) is 11.8 Å². The highest BCUT2D eigenvalue weighted by molar-refractivity contribution is 7.99. The molecule has 1 fully saturated rings. The van der Waals surface area contributed by atoms with E-state index in [4.69, 9.17) is 5.73 Å². The number of thioether (sulfide) groups is 1. The summed E-state index contributed by atoms with van der Waals surface area (Å²) in [4.78, 5) is 0. The Morgan fingerprint density at radius 3 is 2.53 bits per heavy atom. The van der Waals surface area contributed by atoms with Crippen LogP contribution in [0.15, 0.2) is 0 Å². The average Bonchev–Trinajstić information content (AvgIpc) is 2.25. The van der Waals surface area contributed by atoms with Crippen molar-refractivity contribution < 1.29 is 0 Å². The molecule has 1 aliphatic rings. The third kappa shape index (κ3) is 6.70. The highest BCUT2D eigenvalue weighted by Crippen LogP contribution is 2.27. The molecule has 0 saturated heterocycles. The first-order valence-electron chi connectivity index (χ1n) is 6.18. The van der Waals surface area contributed by atoms with Crippen molar-refractivity contribution in [1.29, 1.82) is 0 Å². The zero-order valence-corrected chi connectivity index (χ0v) is 11.5. The molecule has 0 heterocycles. The van der Waals surface area contributed by atoms with Gasteiger partial charge in [0.15, 0.2) is 0 Å². The summed E-state index contributed by atoms with van der Waals surface area (Å²) in [5, 5.41) is 0. The fraction of sp³-hybridized carbons (Fsp3) is 1.00. The molecule has 1 nitrogen and oxygen atoms in total. The summed E-state index contributed by atoms with van der Waals surface area (Å²) in [5.74, 6) is 3.39. The van der Waals surface area contributed by atoms with Gasteiger partial charge in [-0.15, -0.1) is 12.4 Å². The van der Waals surface area contributed by atoms with Crippen molar-refractivity contribution in [3.05, 3.63) is 0 Å². The van der Waals surface area contributed by atoms with Gasteiger partial charge in [0, 0.05) is 6.04 Å². The minimum absolute atomic E-state index is 0. The first kappa shape index (κ1) is 15.6. The molecular weight excluding hydrogens is 226 g/mol. The van der Waals surface area contributed by atoms with E-state index in [1.54, 1.807) is 0 Å². The van der Waals surface area contributed by atoms with Crippen molar-refractivity contribution in [3.63, 3.8) is 0 Å². The van der Waals surface area contributed by atoms with Gasteiger partial charge >= 0.3 is 0 Å². The van der Waals surface area contributed by atoms with E-state index in [1.807, 2.05) is 11.8 Å². The smallest absolute Gasteiger partial charge is 0.00674 e. The van der Waals surface area contributed by atoms with Crippen LogP contribution in [0.4, 0.5) is 0 Å². The Labute approximate surface area is 105 Å². The monoisotopic (exact) mass is 251 g/mol. The van der Waals surface area contributed by atoms with E-state index in [0.717, 1.165) is 5.92 Å². The lowest BCUT2D eigenvalue weighted by Gasteiger charge is -2.27. The van der Waals surface area contributed by atoms with E-state index in [-0.39, 0.29) is 12.4 Å². The van der Waals surface area contributed by atoms with Crippen LogP contribution in [-0.2, 0) is 0 Å². The molecule has 0 amide bonds. The van der Waals surface area contributed by atoms with Gasteiger partial charge in [0.2, 0.25) is 0 Å². The quantitative estimate of drug-likeness (QED) is 0.726. The van der Waals surface area contributed by atoms with Gasteiger partial charge < -0.3 is 5.73 Å². The Morgan fingerprint density at radius 2 is 1.93 bits per heavy atom. The maximum absolute atomic E-state index is 6.22. The summed E-state index contributed by atoms with van der Waals surface area (Å²) in [7, 11) is 0. The second-order valence-electron chi connectivity index (χ2n) is 4.40. The Kier molecular flexibility index (Phi) is 10.2. The number of nitrogens with two attached hydrogens (primary N) is 1. The summed E-state index contributed by atoms with van der Waals surface area (Å²) in [6, 6.07) is 0.493. The number of rotatable bonds is 6. The van der Waals surface area contributed by atoms with Gasteiger partial charge in [0.25, 0.3) is 0 Å². The molecule has 92 valence electrons. The topological polar surface area (TPSA) is 26.0 Å². The minimum atomic E-state index is 0. The molecular formula is C12H26ClNS. The van der Waals surface area contributed by atoms with Crippen molar-refractivity contribution in [1.82, 2.24) is 0 Å².